The summed E-state index contributed by atoms with van der Waals surface area (Å²) in [6.07, 6.45) is 0. The predicted octanol–water partition coefficient (Wildman–Crippen LogP) is 4.02. The van der Waals surface area contributed by atoms with E-state index in [4.69, 9.17) is 16.3 Å². The van der Waals surface area contributed by atoms with E-state index >= 15 is 0 Å². The Kier molecular flexibility index (Phi) is 3.43. The molecule has 0 bridgehead atoms. The van der Waals surface area contributed by atoms with Gasteiger partial charge in [-0.15, -0.1) is 11.6 Å². The SMILES string of the molecule is COc1ccc(C(Cl)C(C)(C)C)cc1. The van der Waals surface area contributed by atoms with Crippen LogP contribution >= 0.6 is 11.6 Å². The summed E-state index contributed by atoms with van der Waals surface area (Å²) in [5.74, 6) is 0.867. The largest absolute Gasteiger partial charge is 0.497 e. The fourth-order valence-corrected chi connectivity index (χ4v) is 1.42. The van der Waals surface area contributed by atoms with Crippen molar-refractivity contribution >= 4 is 11.6 Å². The van der Waals surface area contributed by atoms with Crippen molar-refractivity contribution in [3.63, 3.8) is 0 Å². The summed E-state index contributed by atoms with van der Waals surface area (Å²) in [5, 5.41) is 0.0356. The highest BCUT2D eigenvalue weighted by atomic mass is 35.5. The minimum absolute atomic E-state index is 0.0356. The van der Waals surface area contributed by atoms with Crippen LogP contribution in [0.1, 0.15) is 31.7 Å². The topological polar surface area (TPSA) is 9.23 Å². The smallest absolute Gasteiger partial charge is 0.118 e. The van der Waals surface area contributed by atoms with Crippen molar-refractivity contribution in [2.45, 2.75) is 26.1 Å². The third-order valence-electron chi connectivity index (χ3n) is 2.17. The maximum atomic E-state index is 6.34. The molecule has 0 fully saturated rings. The van der Waals surface area contributed by atoms with Crippen LogP contribution in [0.2, 0.25) is 0 Å². The van der Waals surface area contributed by atoms with Gasteiger partial charge in [0.1, 0.15) is 5.75 Å². The van der Waals surface area contributed by atoms with Gasteiger partial charge in [0.05, 0.1) is 12.5 Å². The minimum atomic E-state index is 0.0356. The maximum absolute atomic E-state index is 6.34. The van der Waals surface area contributed by atoms with Crippen LogP contribution in [-0.4, -0.2) is 7.11 Å². The summed E-state index contributed by atoms with van der Waals surface area (Å²) in [6.45, 7) is 6.40. The molecule has 0 aliphatic carbocycles. The Morgan fingerprint density at radius 3 is 2.00 bits per heavy atom. The number of benzene rings is 1. The molecule has 0 aromatic heterocycles. The molecule has 0 N–H and O–H groups in total. The molecule has 1 atom stereocenters. The van der Waals surface area contributed by atoms with E-state index in [0.29, 0.717) is 0 Å². The molecule has 2 heteroatoms. The molecule has 0 saturated heterocycles. The van der Waals surface area contributed by atoms with Crippen LogP contribution < -0.4 is 4.74 Å². The molecule has 1 unspecified atom stereocenters. The summed E-state index contributed by atoms with van der Waals surface area (Å²) in [7, 11) is 1.66. The van der Waals surface area contributed by atoms with Crippen LogP contribution in [-0.2, 0) is 0 Å². The second kappa shape index (κ2) is 4.22. The van der Waals surface area contributed by atoms with E-state index in [1.807, 2.05) is 24.3 Å². The van der Waals surface area contributed by atoms with Crippen LogP contribution in [0.3, 0.4) is 0 Å². The number of methoxy groups -OCH3 is 1. The Hall–Kier alpha value is -0.690. The monoisotopic (exact) mass is 212 g/mol. The van der Waals surface area contributed by atoms with Gasteiger partial charge >= 0.3 is 0 Å². The van der Waals surface area contributed by atoms with Crippen LogP contribution in [0, 0.1) is 5.41 Å². The molecule has 1 rings (SSSR count). The molecule has 0 radical (unpaired) electrons. The van der Waals surface area contributed by atoms with Gasteiger partial charge in [0, 0.05) is 0 Å². The Balaban J connectivity index is 2.87. The van der Waals surface area contributed by atoms with E-state index in [9.17, 15) is 0 Å². The summed E-state index contributed by atoms with van der Waals surface area (Å²) in [5.41, 5.74) is 1.22. The van der Waals surface area contributed by atoms with E-state index in [1.54, 1.807) is 7.11 Å². The Morgan fingerprint density at radius 2 is 1.64 bits per heavy atom. The number of alkyl halides is 1. The summed E-state index contributed by atoms with van der Waals surface area (Å²) >= 11 is 6.34. The number of rotatable bonds is 2. The lowest BCUT2D eigenvalue weighted by Crippen LogP contribution is -2.12. The fourth-order valence-electron chi connectivity index (χ4n) is 1.27. The fraction of sp³-hybridized carbons (Fsp3) is 0.500. The molecule has 0 spiro atoms. The van der Waals surface area contributed by atoms with Gasteiger partial charge in [0.15, 0.2) is 0 Å². The molecule has 1 nitrogen and oxygen atoms in total. The number of hydrogen-bond donors (Lipinski definition) is 0. The zero-order valence-corrected chi connectivity index (χ0v) is 9.93. The molecule has 78 valence electrons. The molecule has 0 saturated carbocycles. The highest BCUT2D eigenvalue weighted by Crippen LogP contribution is 2.38. The van der Waals surface area contributed by atoms with E-state index in [1.165, 1.54) is 0 Å². The predicted molar refractivity (Wildman–Crippen MR) is 61.0 cm³/mol. The number of ether oxygens (including phenoxy) is 1. The lowest BCUT2D eigenvalue weighted by atomic mass is 9.87. The Bertz CT molecular complexity index is 284. The average molecular weight is 213 g/mol. The first-order valence-corrected chi connectivity index (χ1v) is 5.17. The third kappa shape index (κ3) is 2.65. The third-order valence-corrected chi connectivity index (χ3v) is 3.08. The van der Waals surface area contributed by atoms with Gasteiger partial charge in [-0.05, 0) is 23.1 Å². The first-order chi connectivity index (χ1) is 6.45. The number of halogens is 1. The molecule has 1 aromatic carbocycles. The first kappa shape index (κ1) is 11.4. The van der Waals surface area contributed by atoms with Crippen molar-refractivity contribution in [2.75, 3.05) is 7.11 Å². The van der Waals surface area contributed by atoms with Crippen molar-refractivity contribution in [3.8, 4) is 5.75 Å². The summed E-state index contributed by atoms with van der Waals surface area (Å²) in [6, 6.07) is 7.91. The molecule has 0 aliphatic heterocycles. The average Bonchev–Trinajstić information content (AvgIpc) is 2.15. The summed E-state index contributed by atoms with van der Waals surface area (Å²) in [4.78, 5) is 0. The Morgan fingerprint density at radius 1 is 1.14 bits per heavy atom. The Labute approximate surface area is 91.0 Å². The van der Waals surface area contributed by atoms with E-state index in [2.05, 4.69) is 20.8 Å². The van der Waals surface area contributed by atoms with Gasteiger partial charge in [-0.1, -0.05) is 32.9 Å². The van der Waals surface area contributed by atoms with Gasteiger partial charge in [-0.25, -0.2) is 0 Å². The molecule has 0 heterocycles. The van der Waals surface area contributed by atoms with E-state index < -0.39 is 0 Å². The van der Waals surface area contributed by atoms with Crippen molar-refractivity contribution in [2.24, 2.45) is 5.41 Å². The summed E-state index contributed by atoms with van der Waals surface area (Å²) < 4.78 is 5.09. The van der Waals surface area contributed by atoms with E-state index in [-0.39, 0.29) is 10.8 Å². The van der Waals surface area contributed by atoms with Crippen LogP contribution in [0.15, 0.2) is 24.3 Å². The van der Waals surface area contributed by atoms with Crippen molar-refractivity contribution in [1.29, 1.82) is 0 Å². The molecular weight excluding hydrogens is 196 g/mol. The first-order valence-electron chi connectivity index (χ1n) is 4.73. The standard InChI is InChI=1S/C12H17ClO/c1-12(2,3)11(13)9-5-7-10(14-4)8-6-9/h5-8,11H,1-4H3. The quantitative estimate of drug-likeness (QED) is 0.673. The normalized spacial score (nSPS) is 13.8. The van der Waals surface area contributed by atoms with Crippen LogP contribution in [0.4, 0.5) is 0 Å². The van der Waals surface area contributed by atoms with Crippen molar-refractivity contribution < 1.29 is 4.74 Å². The second-order valence-corrected chi connectivity index (χ2v) is 4.94. The lowest BCUT2D eigenvalue weighted by molar-refractivity contribution is 0.394. The van der Waals surface area contributed by atoms with Crippen LogP contribution in [0.25, 0.3) is 0 Å². The molecule has 0 amide bonds. The van der Waals surface area contributed by atoms with Gasteiger partial charge in [-0.2, -0.15) is 0 Å². The number of hydrogen-bond acceptors (Lipinski definition) is 1. The van der Waals surface area contributed by atoms with E-state index in [0.717, 1.165) is 11.3 Å². The highest BCUT2D eigenvalue weighted by molar-refractivity contribution is 6.21. The molecule has 1 aromatic rings. The van der Waals surface area contributed by atoms with Gasteiger partial charge < -0.3 is 4.74 Å². The lowest BCUT2D eigenvalue weighted by Gasteiger charge is -2.25. The zero-order valence-electron chi connectivity index (χ0n) is 9.17. The van der Waals surface area contributed by atoms with Gasteiger partial charge in [0.2, 0.25) is 0 Å². The van der Waals surface area contributed by atoms with Gasteiger partial charge in [-0.3, -0.25) is 0 Å². The molecule has 0 aliphatic rings. The van der Waals surface area contributed by atoms with Crippen LogP contribution in [0.5, 0.6) is 5.75 Å². The minimum Gasteiger partial charge on any atom is -0.497 e. The van der Waals surface area contributed by atoms with Gasteiger partial charge in [0.25, 0.3) is 0 Å². The zero-order chi connectivity index (χ0) is 10.8. The maximum Gasteiger partial charge on any atom is 0.118 e. The van der Waals surface area contributed by atoms with Crippen molar-refractivity contribution in [1.82, 2.24) is 0 Å². The van der Waals surface area contributed by atoms with Crippen molar-refractivity contribution in [3.05, 3.63) is 29.8 Å². The molecule has 14 heavy (non-hydrogen) atoms. The second-order valence-electron chi connectivity index (χ2n) is 4.50. The highest BCUT2D eigenvalue weighted by Gasteiger charge is 2.23. The molecular formula is C12H17ClO.